The van der Waals surface area contributed by atoms with E-state index in [2.05, 4.69) is 41.4 Å². The Balaban J connectivity index is 1.71. The molecule has 0 aliphatic heterocycles. The fraction of sp³-hybridized carbons (Fsp3) is 0.259. The summed E-state index contributed by atoms with van der Waals surface area (Å²) in [5, 5.41) is 19.2. The molecular formula is C27H27Cl2N7. The van der Waals surface area contributed by atoms with E-state index in [-0.39, 0.29) is 10.3 Å². The van der Waals surface area contributed by atoms with E-state index < -0.39 is 0 Å². The van der Waals surface area contributed by atoms with Gasteiger partial charge in [-0.05, 0) is 42.2 Å². The van der Waals surface area contributed by atoms with Crippen molar-refractivity contribution in [3.8, 4) is 6.07 Å². The van der Waals surface area contributed by atoms with Crippen LogP contribution in [0.5, 0.6) is 0 Å². The summed E-state index contributed by atoms with van der Waals surface area (Å²) in [5.74, 6) is 0.899. The van der Waals surface area contributed by atoms with Gasteiger partial charge >= 0.3 is 0 Å². The van der Waals surface area contributed by atoms with E-state index in [0.717, 1.165) is 28.0 Å². The minimum absolute atomic E-state index is 0.271. The van der Waals surface area contributed by atoms with Crippen molar-refractivity contribution in [1.29, 1.82) is 5.26 Å². The number of aryl methyl sites for hydroxylation is 2. The van der Waals surface area contributed by atoms with Crippen molar-refractivity contribution in [2.45, 2.75) is 39.8 Å². The first-order valence-corrected chi connectivity index (χ1v) is 12.3. The molecule has 184 valence electrons. The lowest BCUT2D eigenvalue weighted by Gasteiger charge is -2.28. The van der Waals surface area contributed by atoms with Crippen LogP contribution in [0, 0.1) is 18.3 Å². The Bertz CT molecular complexity index is 1430. The average molecular weight is 520 g/mol. The molecule has 0 aliphatic carbocycles. The van der Waals surface area contributed by atoms with Gasteiger partial charge in [0.1, 0.15) is 16.1 Å². The van der Waals surface area contributed by atoms with Crippen LogP contribution in [0.4, 0.5) is 5.69 Å². The first-order valence-electron chi connectivity index (χ1n) is 11.6. The Hall–Kier alpha value is -3.60. The standard InChI is InChI=1S/C27H27Cl2N7/c1-17(2)22-12-20(32-27-26(22)18(3)34-35(27)4)15-31-25(10-11-30)36(16-19-8-6-5-7-9-19)21-13-23(28)33-24(29)14-21/h5-10,12-14,17,31H,15-16H2,1-4H3/b25-10-. The molecule has 0 unspecified atom stereocenters. The van der Waals surface area contributed by atoms with Crippen molar-refractivity contribution >= 4 is 39.9 Å². The predicted octanol–water partition coefficient (Wildman–Crippen LogP) is 6.26. The van der Waals surface area contributed by atoms with Crippen molar-refractivity contribution in [1.82, 2.24) is 25.1 Å². The first kappa shape index (κ1) is 25.5. The molecule has 0 amide bonds. The topological polar surface area (TPSA) is 82.7 Å². The number of anilines is 1. The molecule has 0 saturated heterocycles. The Morgan fingerprint density at radius 2 is 1.83 bits per heavy atom. The Kier molecular flexibility index (Phi) is 7.78. The number of benzene rings is 1. The van der Waals surface area contributed by atoms with Crippen molar-refractivity contribution in [2.75, 3.05) is 4.90 Å². The molecule has 0 bridgehead atoms. The molecule has 1 aromatic carbocycles. The van der Waals surface area contributed by atoms with Gasteiger partial charge in [0.25, 0.3) is 0 Å². The molecule has 9 heteroatoms. The van der Waals surface area contributed by atoms with Gasteiger partial charge in [-0.25, -0.2) is 9.97 Å². The number of pyridine rings is 2. The third-order valence-corrected chi connectivity index (χ3v) is 6.25. The molecule has 0 saturated carbocycles. The molecular weight excluding hydrogens is 493 g/mol. The van der Waals surface area contributed by atoms with Gasteiger partial charge in [0.05, 0.1) is 30.1 Å². The predicted molar refractivity (Wildman–Crippen MR) is 145 cm³/mol. The summed E-state index contributed by atoms with van der Waals surface area (Å²) in [5.41, 5.74) is 5.63. The minimum atomic E-state index is 0.271. The summed E-state index contributed by atoms with van der Waals surface area (Å²) in [7, 11) is 1.91. The third-order valence-electron chi connectivity index (χ3n) is 5.86. The van der Waals surface area contributed by atoms with Crippen LogP contribution in [-0.4, -0.2) is 19.7 Å². The summed E-state index contributed by atoms with van der Waals surface area (Å²) in [6.07, 6.45) is 1.47. The second-order valence-electron chi connectivity index (χ2n) is 8.82. The van der Waals surface area contributed by atoms with Crippen LogP contribution in [0.1, 0.15) is 42.3 Å². The van der Waals surface area contributed by atoms with E-state index in [4.69, 9.17) is 28.2 Å². The molecule has 0 spiro atoms. The number of aromatic nitrogens is 4. The van der Waals surface area contributed by atoms with Gasteiger partial charge in [-0.15, -0.1) is 0 Å². The fourth-order valence-corrected chi connectivity index (χ4v) is 4.68. The summed E-state index contributed by atoms with van der Waals surface area (Å²) in [6, 6.07) is 17.7. The van der Waals surface area contributed by atoms with E-state index in [1.54, 1.807) is 12.1 Å². The van der Waals surface area contributed by atoms with Gasteiger partial charge in [-0.3, -0.25) is 4.68 Å². The number of rotatable bonds is 8. The molecule has 1 N–H and O–H groups in total. The maximum atomic E-state index is 9.62. The summed E-state index contributed by atoms with van der Waals surface area (Å²) in [6.45, 7) is 7.23. The van der Waals surface area contributed by atoms with Gasteiger partial charge in [-0.2, -0.15) is 10.4 Å². The molecule has 7 nitrogen and oxygen atoms in total. The molecule has 36 heavy (non-hydrogen) atoms. The molecule has 3 heterocycles. The van der Waals surface area contributed by atoms with E-state index in [9.17, 15) is 5.26 Å². The zero-order chi connectivity index (χ0) is 25.8. The van der Waals surface area contributed by atoms with Crippen LogP contribution < -0.4 is 10.2 Å². The maximum absolute atomic E-state index is 9.62. The van der Waals surface area contributed by atoms with Crippen molar-refractivity contribution < 1.29 is 0 Å². The minimum Gasteiger partial charge on any atom is -0.365 e. The van der Waals surface area contributed by atoms with Gasteiger partial charge < -0.3 is 10.2 Å². The van der Waals surface area contributed by atoms with Crippen LogP contribution in [0.3, 0.4) is 0 Å². The average Bonchev–Trinajstić information content (AvgIpc) is 3.13. The Labute approximate surface area is 221 Å². The third kappa shape index (κ3) is 5.62. The van der Waals surface area contributed by atoms with Crippen LogP contribution in [0.2, 0.25) is 10.3 Å². The van der Waals surface area contributed by atoms with Crippen LogP contribution in [0.25, 0.3) is 11.0 Å². The van der Waals surface area contributed by atoms with Crippen LogP contribution in [-0.2, 0) is 20.1 Å². The highest BCUT2D eigenvalue weighted by atomic mass is 35.5. The quantitative estimate of drug-likeness (QED) is 0.218. The number of hydrogen-bond acceptors (Lipinski definition) is 6. The van der Waals surface area contributed by atoms with Gasteiger partial charge in [0, 0.05) is 24.7 Å². The molecule has 0 radical (unpaired) electrons. The number of nitrogens with one attached hydrogen (secondary N) is 1. The molecule has 0 atom stereocenters. The Morgan fingerprint density at radius 3 is 2.47 bits per heavy atom. The molecule has 0 aliphatic rings. The number of nitriles is 1. The highest BCUT2D eigenvalue weighted by Crippen LogP contribution is 2.29. The van der Waals surface area contributed by atoms with Gasteiger partial charge in [0.15, 0.2) is 5.65 Å². The van der Waals surface area contributed by atoms with Gasteiger partial charge in [0.2, 0.25) is 0 Å². The summed E-state index contributed by atoms with van der Waals surface area (Å²) < 4.78 is 1.81. The number of nitrogens with zero attached hydrogens (tertiary/aromatic N) is 6. The Morgan fingerprint density at radius 1 is 1.14 bits per heavy atom. The lowest BCUT2D eigenvalue weighted by atomic mass is 9.99. The normalized spacial score (nSPS) is 11.7. The molecule has 3 aromatic heterocycles. The molecule has 0 fully saturated rings. The highest BCUT2D eigenvalue weighted by Gasteiger charge is 2.18. The van der Waals surface area contributed by atoms with Crippen molar-refractivity contribution in [3.63, 3.8) is 0 Å². The summed E-state index contributed by atoms with van der Waals surface area (Å²) >= 11 is 12.5. The van der Waals surface area contributed by atoms with E-state index in [1.165, 1.54) is 11.6 Å². The lowest BCUT2D eigenvalue weighted by molar-refractivity contribution is 0.719. The summed E-state index contributed by atoms with van der Waals surface area (Å²) in [4.78, 5) is 10.9. The molecule has 4 aromatic rings. The largest absolute Gasteiger partial charge is 0.365 e. The lowest BCUT2D eigenvalue weighted by Crippen LogP contribution is -2.31. The number of allylic oxidation sites excluding steroid dienone is 1. The van der Waals surface area contributed by atoms with Crippen LogP contribution in [0.15, 0.2) is 60.4 Å². The number of fused-ring (bicyclic) bond motifs is 1. The number of halogens is 2. The van der Waals surface area contributed by atoms with Crippen molar-refractivity contribution in [2.24, 2.45) is 7.05 Å². The fourth-order valence-electron chi connectivity index (χ4n) is 4.23. The monoisotopic (exact) mass is 519 g/mol. The number of hydrogen-bond donors (Lipinski definition) is 1. The highest BCUT2D eigenvalue weighted by molar-refractivity contribution is 6.32. The first-order chi connectivity index (χ1) is 17.3. The van der Waals surface area contributed by atoms with Crippen molar-refractivity contribution in [3.05, 3.63) is 93.2 Å². The van der Waals surface area contributed by atoms with E-state index in [0.29, 0.717) is 30.5 Å². The maximum Gasteiger partial charge on any atom is 0.158 e. The van der Waals surface area contributed by atoms with Crippen LogP contribution >= 0.6 is 23.2 Å². The zero-order valence-corrected chi connectivity index (χ0v) is 22.1. The zero-order valence-electron chi connectivity index (χ0n) is 20.6. The SMILES string of the molecule is Cc1nn(C)c2nc(CN/C(=C/C#N)N(Cc3ccccc3)c3cc(Cl)nc(Cl)c3)cc(C(C)C)c12. The smallest absolute Gasteiger partial charge is 0.158 e. The van der Waals surface area contributed by atoms with E-state index in [1.807, 2.05) is 53.9 Å². The second kappa shape index (κ2) is 11.0. The second-order valence-corrected chi connectivity index (χ2v) is 9.59. The van der Waals surface area contributed by atoms with E-state index >= 15 is 0 Å². The van der Waals surface area contributed by atoms with Gasteiger partial charge in [-0.1, -0.05) is 67.4 Å². The molecule has 4 rings (SSSR count).